The summed E-state index contributed by atoms with van der Waals surface area (Å²) in [7, 11) is 1.56. The summed E-state index contributed by atoms with van der Waals surface area (Å²) in [5, 5.41) is 8.29. The molecule has 0 saturated heterocycles. The molecule has 0 radical (unpaired) electrons. The lowest BCUT2D eigenvalue weighted by molar-refractivity contribution is 0.406. The van der Waals surface area contributed by atoms with Crippen molar-refractivity contribution >= 4 is 10.9 Å². The third-order valence-corrected chi connectivity index (χ3v) is 5.49. The monoisotopic (exact) mass is 458 g/mol. The van der Waals surface area contributed by atoms with E-state index in [1.54, 1.807) is 13.2 Å². The van der Waals surface area contributed by atoms with E-state index in [0.29, 0.717) is 11.2 Å². The number of hydrogen-bond donors (Lipinski definition) is 1. The quantitative estimate of drug-likeness (QED) is 0.383. The lowest BCUT2D eigenvalue weighted by atomic mass is 9.76. The predicted octanol–water partition coefficient (Wildman–Crippen LogP) is 9.26. The average Bonchev–Trinajstić information content (AvgIpc) is 3.31. The number of methoxy groups -OCH3 is 1. The summed E-state index contributed by atoms with van der Waals surface area (Å²) in [6.07, 6.45) is 8.79. The Bertz CT molecular complexity index is 890. The molecular formula is C29H47FN2O. The van der Waals surface area contributed by atoms with Gasteiger partial charge in [-0.15, -0.1) is 0 Å². The van der Waals surface area contributed by atoms with Crippen molar-refractivity contribution in [1.82, 2.24) is 10.2 Å². The maximum absolute atomic E-state index is 12.7. The van der Waals surface area contributed by atoms with Gasteiger partial charge in [0.25, 0.3) is 0 Å². The second-order valence-electron chi connectivity index (χ2n) is 8.25. The topological polar surface area (TPSA) is 37.9 Å². The molecule has 186 valence electrons. The Balaban J connectivity index is 0.000000535. The van der Waals surface area contributed by atoms with Gasteiger partial charge in [-0.05, 0) is 54.0 Å². The molecule has 1 unspecified atom stereocenters. The van der Waals surface area contributed by atoms with E-state index < -0.39 is 0 Å². The maximum Gasteiger partial charge on any atom is 0.126 e. The van der Waals surface area contributed by atoms with Gasteiger partial charge in [-0.1, -0.05) is 86.8 Å². The largest absolute Gasteiger partial charge is 0.496 e. The van der Waals surface area contributed by atoms with Gasteiger partial charge >= 0.3 is 0 Å². The molecule has 3 nitrogen and oxygen atoms in total. The lowest BCUT2D eigenvalue weighted by Crippen LogP contribution is -2.20. The maximum atomic E-state index is 12.7. The second-order valence-corrected chi connectivity index (χ2v) is 8.25. The number of H-pyrrole nitrogens is 1. The normalized spacial score (nSPS) is 11.7. The fourth-order valence-electron chi connectivity index (χ4n) is 3.59. The minimum absolute atomic E-state index is 0.244. The van der Waals surface area contributed by atoms with Crippen LogP contribution in [0.2, 0.25) is 0 Å². The van der Waals surface area contributed by atoms with Crippen LogP contribution in [0, 0.1) is 5.82 Å². The van der Waals surface area contributed by atoms with Crippen LogP contribution in [-0.4, -0.2) is 17.3 Å². The molecule has 33 heavy (non-hydrogen) atoms. The van der Waals surface area contributed by atoms with Gasteiger partial charge in [-0.25, -0.2) is 4.39 Å². The minimum Gasteiger partial charge on any atom is -0.496 e. The zero-order valence-corrected chi connectivity index (χ0v) is 22.5. The summed E-state index contributed by atoms with van der Waals surface area (Å²) in [6, 6.07) is 11.3. The molecule has 0 spiro atoms. The first kappa shape index (κ1) is 30.6. The summed E-state index contributed by atoms with van der Waals surface area (Å²) in [5.41, 5.74) is 3.94. The lowest BCUT2D eigenvalue weighted by Gasteiger charge is -2.28. The molecule has 1 aromatic heterocycles. The fourth-order valence-corrected chi connectivity index (χ4v) is 3.59. The van der Waals surface area contributed by atoms with E-state index in [9.17, 15) is 4.39 Å². The van der Waals surface area contributed by atoms with Crippen molar-refractivity contribution < 1.29 is 9.13 Å². The number of ether oxygens (including phenoxy) is 1. The number of benzene rings is 2. The average molecular weight is 459 g/mol. The van der Waals surface area contributed by atoms with Gasteiger partial charge < -0.3 is 4.74 Å². The molecule has 0 amide bonds. The molecule has 0 bridgehead atoms. The van der Waals surface area contributed by atoms with Crippen molar-refractivity contribution in [2.24, 2.45) is 0 Å². The number of aromatic amines is 1. The first-order valence-corrected chi connectivity index (χ1v) is 12.6. The summed E-state index contributed by atoms with van der Waals surface area (Å²) in [5.74, 6) is 0.406. The number of rotatable bonds is 7. The van der Waals surface area contributed by atoms with Crippen LogP contribution in [-0.2, 0) is 11.8 Å². The molecule has 0 aliphatic carbocycles. The number of nitrogens with one attached hydrogen (secondary N) is 1. The molecule has 3 aromatic rings. The highest BCUT2D eigenvalue weighted by atomic mass is 19.1. The Hall–Kier alpha value is -2.36. The van der Waals surface area contributed by atoms with Crippen molar-refractivity contribution in [2.45, 2.75) is 99.3 Å². The Morgan fingerprint density at radius 2 is 1.64 bits per heavy atom. The summed E-state index contributed by atoms with van der Waals surface area (Å²) < 4.78 is 17.7. The number of aryl methyl sites for hydroxylation is 1. The Morgan fingerprint density at radius 1 is 0.970 bits per heavy atom. The van der Waals surface area contributed by atoms with Crippen molar-refractivity contribution in [3.05, 3.63) is 59.5 Å². The third kappa shape index (κ3) is 9.98. The standard InChI is InChI=1S/C14H20N2.C10H13FO.C3H8.C2H6/c1-4-8-14(3,5-2)12-6-7-13-11(9-12)10-15-16-13;1-3-4-8-5-6-9(11)7-10(8)12-2;1-3-2;1-2/h6-7,9-10H,4-5,8H2,1-3H3,(H,15,16);5-7H,3-4H2,1-2H3;3H2,1-2H3;1-2H3. The Morgan fingerprint density at radius 3 is 2.18 bits per heavy atom. The van der Waals surface area contributed by atoms with Crippen LogP contribution in [0.5, 0.6) is 5.75 Å². The zero-order valence-electron chi connectivity index (χ0n) is 22.5. The van der Waals surface area contributed by atoms with E-state index in [-0.39, 0.29) is 5.82 Å². The van der Waals surface area contributed by atoms with Gasteiger partial charge in [0, 0.05) is 11.5 Å². The van der Waals surface area contributed by atoms with Gasteiger partial charge in [-0.3, -0.25) is 5.10 Å². The minimum atomic E-state index is -0.244. The van der Waals surface area contributed by atoms with E-state index in [1.165, 1.54) is 48.8 Å². The highest BCUT2D eigenvalue weighted by Gasteiger charge is 2.23. The van der Waals surface area contributed by atoms with E-state index in [1.807, 2.05) is 20.0 Å². The highest BCUT2D eigenvalue weighted by Crippen LogP contribution is 2.33. The third-order valence-electron chi connectivity index (χ3n) is 5.49. The van der Waals surface area contributed by atoms with Gasteiger partial charge in [0.2, 0.25) is 0 Å². The Labute approximate surface area is 202 Å². The molecule has 4 heteroatoms. The van der Waals surface area contributed by atoms with Crippen molar-refractivity contribution in [1.29, 1.82) is 0 Å². The number of hydrogen-bond acceptors (Lipinski definition) is 2. The van der Waals surface area contributed by atoms with E-state index >= 15 is 0 Å². The highest BCUT2D eigenvalue weighted by molar-refractivity contribution is 5.78. The van der Waals surface area contributed by atoms with Crippen LogP contribution in [0.3, 0.4) is 0 Å². The van der Waals surface area contributed by atoms with Crippen molar-refractivity contribution in [2.75, 3.05) is 7.11 Å². The van der Waals surface area contributed by atoms with Crippen molar-refractivity contribution in [3.8, 4) is 5.75 Å². The van der Waals surface area contributed by atoms with Gasteiger partial charge in [-0.2, -0.15) is 5.10 Å². The molecule has 0 fully saturated rings. The molecular weight excluding hydrogens is 411 g/mol. The number of halogens is 1. The summed E-state index contributed by atoms with van der Waals surface area (Å²) in [6.45, 7) is 17.2. The summed E-state index contributed by atoms with van der Waals surface area (Å²) in [4.78, 5) is 0. The zero-order chi connectivity index (χ0) is 25.3. The molecule has 1 N–H and O–H groups in total. The fraction of sp³-hybridized carbons (Fsp3) is 0.552. The first-order valence-electron chi connectivity index (χ1n) is 12.6. The molecule has 3 rings (SSSR count). The number of aromatic nitrogens is 2. The number of nitrogens with zero attached hydrogens (tertiary/aromatic N) is 1. The SMILES string of the molecule is CC.CCC.CCCC(C)(CC)c1ccc2[nH]ncc2c1.CCCc1ccc(F)cc1OC. The van der Waals surface area contributed by atoms with Crippen molar-refractivity contribution in [3.63, 3.8) is 0 Å². The molecule has 0 saturated carbocycles. The molecule has 0 aliphatic rings. The van der Waals surface area contributed by atoms with Gasteiger partial charge in [0.05, 0.1) is 18.8 Å². The van der Waals surface area contributed by atoms with E-state index in [4.69, 9.17) is 4.74 Å². The molecule has 1 heterocycles. The molecule has 0 aliphatic heterocycles. The van der Waals surface area contributed by atoms with Crippen LogP contribution >= 0.6 is 0 Å². The summed E-state index contributed by atoms with van der Waals surface area (Å²) >= 11 is 0. The van der Waals surface area contributed by atoms with E-state index in [2.05, 4.69) is 69.9 Å². The second kappa shape index (κ2) is 17.2. The van der Waals surface area contributed by atoms with Crippen LogP contribution in [0.15, 0.2) is 42.6 Å². The van der Waals surface area contributed by atoms with E-state index in [0.717, 1.165) is 23.9 Å². The van der Waals surface area contributed by atoms with Crippen LogP contribution in [0.1, 0.15) is 98.6 Å². The van der Waals surface area contributed by atoms with Gasteiger partial charge in [0.1, 0.15) is 11.6 Å². The van der Waals surface area contributed by atoms with Gasteiger partial charge in [0.15, 0.2) is 0 Å². The number of fused-ring (bicyclic) bond motifs is 1. The smallest absolute Gasteiger partial charge is 0.126 e. The van der Waals surface area contributed by atoms with Crippen LogP contribution in [0.4, 0.5) is 4.39 Å². The predicted molar refractivity (Wildman–Crippen MR) is 143 cm³/mol. The Kier molecular flexibility index (Phi) is 15.9. The molecule has 2 aromatic carbocycles. The first-order chi connectivity index (χ1) is 15.9. The van der Waals surface area contributed by atoms with Crippen LogP contribution < -0.4 is 4.74 Å². The van der Waals surface area contributed by atoms with Crippen LogP contribution in [0.25, 0.3) is 10.9 Å². The molecule has 1 atom stereocenters.